The molecule has 0 spiro atoms. The van der Waals surface area contributed by atoms with Crippen molar-refractivity contribution in [3.63, 3.8) is 0 Å². The van der Waals surface area contributed by atoms with E-state index in [4.69, 9.17) is 26.6 Å². The third-order valence-corrected chi connectivity index (χ3v) is 7.95. The van der Waals surface area contributed by atoms with Crippen LogP contribution in [0.25, 0.3) is 23.0 Å². The molecule has 1 N–H and O–H groups in total. The molecule has 1 saturated heterocycles. The summed E-state index contributed by atoms with van der Waals surface area (Å²) in [6.07, 6.45) is 3.53. The molecule has 8 nitrogen and oxygen atoms in total. The van der Waals surface area contributed by atoms with Crippen LogP contribution in [0, 0.1) is 0 Å². The van der Waals surface area contributed by atoms with Gasteiger partial charge in [-0.25, -0.2) is 4.68 Å². The number of para-hydroxylation sites is 1. The van der Waals surface area contributed by atoms with E-state index in [1.165, 1.54) is 4.90 Å². The van der Waals surface area contributed by atoms with E-state index in [2.05, 4.69) is 0 Å². The van der Waals surface area contributed by atoms with Crippen molar-refractivity contribution in [3.8, 4) is 22.7 Å². The molecule has 1 aromatic heterocycles. The Morgan fingerprint density at radius 3 is 2.31 bits per heavy atom. The quantitative estimate of drug-likeness (QED) is 0.164. The van der Waals surface area contributed by atoms with Crippen molar-refractivity contribution < 1.29 is 22.5 Å². The van der Waals surface area contributed by atoms with Gasteiger partial charge in [0.1, 0.15) is 16.7 Å². The molecule has 1 aliphatic heterocycles. The Bertz CT molecular complexity index is 1630. The van der Waals surface area contributed by atoms with E-state index in [9.17, 15) is 13.2 Å². The lowest BCUT2D eigenvalue weighted by atomic mass is 10.1. The minimum Gasteiger partial charge on any atom is -0.489 e. The number of benzene rings is 3. The number of carbonyl (C=O) groups excluding carboxylic acids is 1. The maximum atomic E-state index is 13.0. The Labute approximate surface area is 235 Å². The van der Waals surface area contributed by atoms with E-state index < -0.39 is 21.8 Å². The van der Waals surface area contributed by atoms with Gasteiger partial charge in [0.05, 0.1) is 22.0 Å². The van der Waals surface area contributed by atoms with Crippen LogP contribution in [-0.2, 0) is 21.5 Å². The Morgan fingerprint density at radius 1 is 0.974 bits per heavy atom. The first-order valence-electron chi connectivity index (χ1n) is 11.9. The fraction of sp³-hybridized carbons (Fsp3) is 0.107. The van der Waals surface area contributed by atoms with Crippen LogP contribution in [0.15, 0.2) is 96.0 Å². The van der Waals surface area contributed by atoms with E-state index in [1.54, 1.807) is 10.8 Å². The molecule has 3 aromatic carbocycles. The van der Waals surface area contributed by atoms with Crippen LogP contribution in [0.2, 0.25) is 0 Å². The number of rotatable bonds is 9. The third-order valence-electron chi connectivity index (χ3n) is 5.87. The van der Waals surface area contributed by atoms with Gasteiger partial charge in [0.2, 0.25) is 0 Å². The van der Waals surface area contributed by atoms with Crippen LogP contribution < -0.4 is 4.74 Å². The molecule has 39 heavy (non-hydrogen) atoms. The number of hydrogen-bond acceptors (Lipinski definition) is 7. The summed E-state index contributed by atoms with van der Waals surface area (Å²) in [6.45, 7) is 0.231. The predicted octanol–water partition coefficient (Wildman–Crippen LogP) is 5.21. The van der Waals surface area contributed by atoms with Crippen molar-refractivity contribution in [1.82, 2.24) is 14.7 Å². The van der Waals surface area contributed by atoms with Gasteiger partial charge in [0.15, 0.2) is 0 Å². The molecule has 11 heteroatoms. The molecule has 0 unspecified atom stereocenters. The van der Waals surface area contributed by atoms with Gasteiger partial charge in [0.25, 0.3) is 16.0 Å². The second-order valence-electron chi connectivity index (χ2n) is 8.63. The minimum absolute atomic E-state index is 0.221. The Kier molecular flexibility index (Phi) is 7.94. The molecule has 0 radical (unpaired) electrons. The van der Waals surface area contributed by atoms with Gasteiger partial charge in [-0.1, -0.05) is 72.5 Å². The fourth-order valence-electron chi connectivity index (χ4n) is 3.92. The molecule has 2 heterocycles. The highest BCUT2D eigenvalue weighted by molar-refractivity contribution is 8.26. The molecule has 0 bridgehead atoms. The highest BCUT2D eigenvalue weighted by Crippen LogP contribution is 2.35. The predicted molar refractivity (Wildman–Crippen MR) is 156 cm³/mol. The van der Waals surface area contributed by atoms with Crippen molar-refractivity contribution >= 4 is 50.4 Å². The van der Waals surface area contributed by atoms with Gasteiger partial charge in [-0.3, -0.25) is 14.2 Å². The zero-order valence-electron chi connectivity index (χ0n) is 20.5. The first kappa shape index (κ1) is 26.8. The normalized spacial score (nSPS) is 14.8. The fourth-order valence-corrected chi connectivity index (χ4v) is 5.63. The maximum absolute atomic E-state index is 13.0. The number of ether oxygens (including phenoxy) is 1. The lowest BCUT2D eigenvalue weighted by molar-refractivity contribution is -0.121. The van der Waals surface area contributed by atoms with Crippen molar-refractivity contribution in [3.05, 3.63) is 107 Å². The van der Waals surface area contributed by atoms with Crippen LogP contribution in [0.4, 0.5) is 0 Å². The molecule has 0 saturated carbocycles. The lowest BCUT2D eigenvalue weighted by Gasteiger charge is -2.12. The van der Waals surface area contributed by atoms with E-state index in [0.29, 0.717) is 28.5 Å². The van der Waals surface area contributed by atoms with Crippen molar-refractivity contribution in [2.45, 2.75) is 6.61 Å². The summed E-state index contributed by atoms with van der Waals surface area (Å²) < 4.78 is 39.3. The summed E-state index contributed by atoms with van der Waals surface area (Å²) in [5, 5.41) is 4.80. The summed E-state index contributed by atoms with van der Waals surface area (Å²) in [5.41, 5.74) is 4.08. The molecule has 1 amide bonds. The molecule has 0 atom stereocenters. The third kappa shape index (κ3) is 6.63. The van der Waals surface area contributed by atoms with E-state index in [-0.39, 0.29) is 10.9 Å². The molecular formula is C28H23N3O5S3. The zero-order chi connectivity index (χ0) is 27.4. The number of thioether (sulfide) groups is 1. The second-order valence-corrected chi connectivity index (χ2v) is 11.9. The van der Waals surface area contributed by atoms with Crippen LogP contribution in [0.1, 0.15) is 11.1 Å². The number of thiocarbonyl (C=S) groups is 1. The average molecular weight is 578 g/mol. The molecule has 0 aliphatic carbocycles. The van der Waals surface area contributed by atoms with Crippen LogP contribution in [0.5, 0.6) is 5.75 Å². The molecule has 4 aromatic rings. The van der Waals surface area contributed by atoms with Crippen molar-refractivity contribution in [2.24, 2.45) is 0 Å². The smallest absolute Gasteiger partial charge is 0.266 e. The van der Waals surface area contributed by atoms with Crippen molar-refractivity contribution in [2.75, 3.05) is 12.3 Å². The summed E-state index contributed by atoms with van der Waals surface area (Å²) in [5.74, 6) is -0.300. The summed E-state index contributed by atoms with van der Waals surface area (Å²) in [4.78, 5) is 14.5. The topological polar surface area (TPSA) is 102 Å². The van der Waals surface area contributed by atoms with Crippen LogP contribution >= 0.6 is 24.0 Å². The van der Waals surface area contributed by atoms with E-state index in [1.807, 2.05) is 91.1 Å². The van der Waals surface area contributed by atoms with Gasteiger partial charge >= 0.3 is 0 Å². The van der Waals surface area contributed by atoms with E-state index >= 15 is 0 Å². The van der Waals surface area contributed by atoms with Gasteiger partial charge < -0.3 is 4.74 Å². The summed E-state index contributed by atoms with van der Waals surface area (Å²) >= 11 is 6.38. The highest BCUT2D eigenvalue weighted by atomic mass is 32.2. The average Bonchev–Trinajstić information content (AvgIpc) is 3.47. The number of carbonyl (C=O) groups is 1. The second kappa shape index (κ2) is 11.5. The van der Waals surface area contributed by atoms with Gasteiger partial charge in [0, 0.05) is 23.9 Å². The largest absolute Gasteiger partial charge is 0.489 e. The first-order valence-corrected chi connectivity index (χ1v) is 14.7. The molecule has 5 rings (SSSR count). The molecule has 1 fully saturated rings. The number of hydrogen-bond donors (Lipinski definition) is 1. The monoisotopic (exact) mass is 577 g/mol. The van der Waals surface area contributed by atoms with Crippen molar-refractivity contribution in [1.29, 1.82) is 0 Å². The number of aromatic nitrogens is 2. The summed E-state index contributed by atoms with van der Waals surface area (Å²) in [6, 6.07) is 27.1. The zero-order valence-corrected chi connectivity index (χ0v) is 23.0. The Hall–Kier alpha value is -3.77. The Balaban J connectivity index is 1.44. The first-order chi connectivity index (χ1) is 18.8. The number of amides is 1. The maximum Gasteiger partial charge on any atom is 0.266 e. The van der Waals surface area contributed by atoms with Crippen LogP contribution in [-0.4, -0.2) is 50.2 Å². The van der Waals surface area contributed by atoms with E-state index in [0.717, 1.165) is 28.6 Å². The standard InChI is InChI=1S/C28H23N3O5S3/c32-27-25(38-28(37)30(27)15-16-39(33,34)35)17-22-18-31(23-9-5-2-6-10-23)29-26(22)21-11-13-24(14-12-21)36-19-20-7-3-1-4-8-20/h1-14,17-18H,15-16,19H2,(H,33,34,35). The van der Waals surface area contributed by atoms with Gasteiger partial charge in [-0.05, 0) is 48.0 Å². The van der Waals surface area contributed by atoms with Gasteiger partial charge in [-0.15, -0.1) is 0 Å². The van der Waals surface area contributed by atoms with Gasteiger partial charge in [-0.2, -0.15) is 13.5 Å². The Morgan fingerprint density at radius 2 is 1.64 bits per heavy atom. The minimum atomic E-state index is -4.23. The molecule has 1 aliphatic rings. The molecule has 198 valence electrons. The van der Waals surface area contributed by atoms with Crippen LogP contribution in [0.3, 0.4) is 0 Å². The SMILES string of the molecule is O=C1C(=Cc2cn(-c3ccccc3)nc2-c2ccc(OCc3ccccc3)cc2)SC(=S)N1CCS(=O)(=O)O. The number of nitrogens with zero attached hydrogens (tertiary/aromatic N) is 3. The highest BCUT2D eigenvalue weighted by Gasteiger charge is 2.33. The molecular weight excluding hydrogens is 555 g/mol. The summed E-state index contributed by atoms with van der Waals surface area (Å²) in [7, 11) is -4.23. The lowest BCUT2D eigenvalue weighted by Crippen LogP contribution is -2.32.